The first-order valence-electron chi connectivity index (χ1n) is 37.6. The summed E-state index contributed by atoms with van der Waals surface area (Å²) in [6.45, 7) is 3.93. The number of piperidine rings is 2. The average Bonchev–Trinajstić information content (AvgIpc) is 1.40. The third-order valence-corrected chi connectivity index (χ3v) is 22.8. The van der Waals surface area contributed by atoms with E-state index in [2.05, 4.69) is 25.6 Å². The zero-order valence-corrected chi connectivity index (χ0v) is 64.5. The minimum atomic E-state index is -4.98. The molecule has 12 rings (SSSR count). The van der Waals surface area contributed by atoms with Crippen LogP contribution in [0, 0.1) is 0 Å². The third kappa shape index (κ3) is 21.5. The van der Waals surface area contributed by atoms with Gasteiger partial charge in [0.2, 0.25) is 29.5 Å². The minimum absolute atomic E-state index is 0.0407. The molecular formula is C82H84F18N10O10. The number of carboxylic acid groups (broad SMARTS) is 1. The molecule has 6 aromatic rings. The van der Waals surface area contributed by atoms with Crippen molar-refractivity contribution in [2.75, 3.05) is 52.5 Å². The molecule has 0 unspecified atom stereocenters. The number of halogens is 18. The summed E-state index contributed by atoms with van der Waals surface area (Å²) in [6.07, 6.45) is -27.2. The van der Waals surface area contributed by atoms with E-state index in [0.29, 0.717) is 74.9 Å². The predicted molar refractivity (Wildman–Crippen MR) is 398 cm³/mol. The largest absolute Gasteiger partial charge is 0.481 e. The Balaban J connectivity index is 0.000000189. The molecule has 0 bridgehead atoms. The molecule has 120 heavy (non-hydrogen) atoms. The number of nitrogens with zero attached hydrogens (tertiary/aromatic N) is 6. The number of rotatable bonds is 24. The number of carbonyl (C=O) groups excluding carboxylic acids is 5. The molecule has 6 aromatic carbocycles. The normalized spacial score (nSPS) is 24.4. The fourth-order valence-electron chi connectivity index (χ4n) is 16.1. The molecule has 5 heterocycles. The van der Waals surface area contributed by atoms with Crippen molar-refractivity contribution >= 4 is 54.5 Å². The first-order chi connectivity index (χ1) is 56.0. The van der Waals surface area contributed by atoms with Gasteiger partial charge in [0.15, 0.2) is 0 Å². The van der Waals surface area contributed by atoms with Crippen molar-refractivity contribution in [3.8, 4) is 0 Å². The molecule has 0 aromatic heterocycles. The average molecular weight is 1710 g/mol. The van der Waals surface area contributed by atoms with Crippen molar-refractivity contribution in [2.45, 2.75) is 180 Å². The lowest BCUT2D eigenvalue weighted by atomic mass is 9.63. The highest BCUT2D eigenvalue weighted by atomic mass is 19.4. The number of benzene rings is 6. The molecule has 38 heteroatoms. The summed E-state index contributed by atoms with van der Waals surface area (Å²) < 4.78 is 259. The lowest BCUT2D eigenvalue weighted by Crippen LogP contribution is -2.65. The van der Waals surface area contributed by atoms with E-state index in [9.17, 15) is 113 Å². The Morgan fingerprint density at radius 1 is 0.392 bits per heavy atom. The smallest absolute Gasteiger partial charge is 0.416 e. The molecule has 7 atom stereocenters. The number of hydrogen-bond acceptors (Lipinski definition) is 14. The molecule has 1 aliphatic carbocycles. The SMILES string of the molecule is C[C@@H](OCC1(c2ccccc2)CCC(CC(=O)O)(N2C=NCC2=O)CC1)c1cc(C(F)(F)F)cc(C(F)(F)F)c1.C[C@@H](OC[C@@]1(c2ccccc2)CC[C@](CC(N)=O)(N2C=NCC2=O)CN1)c1cc(C(F)(F)F)cc(C(F)(F)F)c1.C[C@@H](OC[C@@]1(c2ccccc2)CC[C@](CC(N)=O)(N2C=NCC2=O)CN1)c1cc(C(F)(F)F)cc(C(F)(F)F)c1. The summed E-state index contributed by atoms with van der Waals surface area (Å²) in [5, 5.41) is 16.4. The fraction of sp³-hybridized carbons (Fsp3) is 0.451. The maximum Gasteiger partial charge on any atom is 0.416 e. The highest BCUT2D eigenvalue weighted by molar-refractivity contribution is 5.97. The van der Waals surface area contributed by atoms with Gasteiger partial charge in [-0.2, -0.15) is 79.0 Å². The van der Waals surface area contributed by atoms with Crippen LogP contribution < -0.4 is 22.1 Å². The van der Waals surface area contributed by atoms with Gasteiger partial charge in [-0.15, -0.1) is 0 Å². The number of aliphatic imine (C=N–C) groups is 3. The number of nitrogens with two attached hydrogens (primary N) is 2. The zero-order valence-electron chi connectivity index (χ0n) is 64.5. The Hall–Kier alpha value is -10.3. The highest BCUT2D eigenvalue weighted by Crippen LogP contribution is 2.50. The Labute approximate surface area is 675 Å². The van der Waals surface area contributed by atoms with Gasteiger partial charge in [0.05, 0.1) is 137 Å². The van der Waals surface area contributed by atoms with Crippen LogP contribution in [-0.4, -0.2) is 143 Å². The molecule has 0 radical (unpaired) electrons. The van der Waals surface area contributed by atoms with Crippen molar-refractivity contribution in [2.24, 2.45) is 26.4 Å². The molecule has 5 aliphatic heterocycles. The van der Waals surface area contributed by atoms with Gasteiger partial charge in [-0.1, -0.05) is 91.0 Å². The second kappa shape index (κ2) is 35.8. The van der Waals surface area contributed by atoms with Crippen LogP contribution in [0.5, 0.6) is 0 Å². The number of primary amides is 2. The molecule has 20 nitrogen and oxygen atoms in total. The number of alkyl halides is 18. The molecule has 6 aliphatic rings. The molecule has 3 fully saturated rings. The molecule has 648 valence electrons. The van der Waals surface area contributed by atoms with Crippen LogP contribution in [-0.2, 0) is 96.5 Å². The van der Waals surface area contributed by atoms with Crippen molar-refractivity contribution < 1.29 is 127 Å². The third-order valence-electron chi connectivity index (χ3n) is 22.8. The van der Waals surface area contributed by atoms with Gasteiger partial charge in [0.1, 0.15) is 19.6 Å². The van der Waals surface area contributed by atoms with Gasteiger partial charge in [0, 0.05) is 18.5 Å². The lowest BCUT2D eigenvalue weighted by molar-refractivity contribution is -0.145. The van der Waals surface area contributed by atoms with Crippen molar-refractivity contribution in [3.05, 3.63) is 212 Å². The first-order valence-corrected chi connectivity index (χ1v) is 37.6. The van der Waals surface area contributed by atoms with Crippen LogP contribution in [0.4, 0.5) is 79.0 Å². The number of aliphatic carboxylic acids is 1. The van der Waals surface area contributed by atoms with E-state index in [1.54, 1.807) is 54.6 Å². The molecule has 7 N–H and O–H groups in total. The highest BCUT2D eigenvalue weighted by Gasteiger charge is 2.54. The van der Waals surface area contributed by atoms with Crippen LogP contribution in [0.3, 0.4) is 0 Å². The lowest BCUT2D eigenvalue weighted by Gasteiger charge is -2.50. The maximum atomic E-state index is 13.4. The van der Waals surface area contributed by atoms with E-state index >= 15 is 0 Å². The summed E-state index contributed by atoms with van der Waals surface area (Å²) in [5.41, 5.74) is -1.50. The Morgan fingerprint density at radius 3 is 0.900 bits per heavy atom. The number of carboxylic acids is 1. The number of carbonyl (C=O) groups is 6. The summed E-state index contributed by atoms with van der Waals surface area (Å²) in [4.78, 5) is 89.3. The van der Waals surface area contributed by atoms with Crippen molar-refractivity contribution in [1.82, 2.24) is 25.3 Å². The summed E-state index contributed by atoms with van der Waals surface area (Å²) in [7, 11) is 0. The van der Waals surface area contributed by atoms with E-state index in [0.717, 1.165) is 16.7 Å². The van der Waals surface area contributed by atoms with E-state index in [4.69, 9.17) is 25.7 Å². The predicted octanol–water partition coefficient (Wildman–Crippen LogP) is 15.5. The topological polar surface area (TPSA) is 273 Å². The van der Waals surface area contributed by atoms with Gasteiger partial charge >= 0.3 is 43.0 Å². The Morgan fingerprint density at radius 2 is 0.658 bits per heavy atom. The van der Waals surface area contributed by atoms with Crippen LogP contribution in [0.25, 0.3) is 0 Å². The number of nitrogens with one attached hydrogen (secondary N) is 2. The van der Waals surface area contributed by atoms with Crippen molar-refractivity contribution in [1.29, 1.82) is 0 Å². The molecule has 1 saturated carbocycles. The molecular weight excluding hydrogens is 1630 g/mol. The van der Waals surface area contributed by atoms with Gasteiger partial charge in [-0.3, -0.25) is 58.4 Å². The second-order valence-electron chi connectivity index (χ2n) is 30.8. The zero-order chi connectivity index (χ0) is 88.0. The second-order valence-corrected chi connectivity index (χ2v) is 30.8. The quantitative estimate of drug-likeness (QED) is 0.0354. The van der Waals surface area contributed by atoms with Crippen molar-refractivity contribution in [3.63, 3.8) is 0 Å². The summed E-state index contributed by atoms with van der Waals surface area (Å²) >= 11 is 0. The summed E-state index contributed by atoms with van der Waals surface area (Å²) in [5.74, 6) is -3.18. The summed E-state index contributed by atoms with van der Waals surface area (Å²) in [6, 6.07) is 31.3. The standard InChI is InChI=1S/C28H28F6N2O4.2C27H28F6N4O3/c1-18(19-11-21(27(29,30)31)13-22(12-19)28(32,33)34)40-16-25(20-5-3-2-4-6-20)7-9-26(10-8-25,14-24(38)39)36-17-35-15-23(36)37;2*1-17(18-9-20(26(28,29)30)11-21(10-18)27(31,32)33)40-15-25(19-5-3-2-4-6-19)8-7-24(14-36-25,12-22(34)38)37-16-35-13-23(37)39/h2-6,11-13,17-18H,7-10,14-16H2,1H3,(H,38,39);2*2-6,9-11,16-17,36H,7-8,12-15H2,1H3,(H2,34,38)/t18-,25?,26?;2*17-,24-,25-/m111/s1. The Kier molecular flexibility index (Phi) is 27.4. The molecule has 2 saturated heterocycles. The molecule has 5 amide bonds. The number of amides is 5. The number of ether oxygens (including phenoxy) is 3. The fourth-order valence-corrected chi connectivity index (χ4v) is 16.1. The van der Waals surface area contributed by atoms with E-state index in [1.807, 2.05) is 36.4 Å². The Bertz CT molecular complexity index is 4180. The van der Waals surface area contributed by atoms with Gasteiger partial charge in [0.25, 0.3) is 0 Å². The van der Waals surface area contributed by atoms with Gasteiger partial charge in [-0.25, -0.2) is 0 Å². The van der Waals surface area contributed by atoms with E-state index < -0.39 is 140 Å². The van der Waals surface area contributed by atoms with Crippen LogP contribution >= 0.6 is 0 Å². The van der Waals surface area contributed by atoms with Gasteiger partial charge < -0.3 is 41.4 Å². The van der Waals surface area contributed by atoms with Crippen LogP contribution in [0.15, 0.2) is 161 Å². The number of hydrogen-bond donors (Lipinski definition) is 5. The van der Waals surface area contributed by atoms with E-state index in [-0.39, 0.29) is 137 Å². The first kappa shape index (κ1) is 92.0. The van der Waals surface area contributed by atoms with Crippen LogP contribution in [0.2, 0.25) is 0 Å². The van der Waals surface area contributed by atoms with Crippen LogP contribution in [0.1, 0.15) is 176 Å². The monoisotopic (exact) mass is 1710 g/mol. The van der Waals surface area contributed by atoms with Gasteiger partial charge in [-0.05, 0) is 160 Å². The van der Waals surface area contributed by atoms with E-state index in [1.165, 1.54) is 54.5 Å². The maximum absolute atomic E-state index is 13.4. The minimum Gasteiger partial charge on any atom is -0.481 e. The molecule has 0 spiro atoms.